The molecule has 0 spiro atoms. The Balaban J connectivity index is 1.75. The molecule has 0 aliphatic heterocycles. The van der Waals surface area contributed by atoms with Crippen molar-refractivity contribution in [3.8, 4) is 17.7 Å². The van der Waals surface area contributed by atoms with Gasteiger partial charge in [-0.25, -0.2) is 8.42 Å². The Labute approximate surface area is 210 Å². The average Bonchev–Trinajstić information content (AvgIpc) is 3.24. The monoisotopic (exact) mass is 530 g/mol. The van der Waals surface area contributed by atoms with E-state index in [1.807, 2.05) is 0 Å². The van der Waals surface area contributed by atoms with E-state index in [0.29, 0.717) is 22.4 Å². The first-order chi connectivity index (χ1) is 16.7. The highest BCUT2D eigenvalue weighted by Gasteiger charge is 2.28. The summed E-state index contributed by atoms with van der Waals surface area (Å²) < 4.78 is 29.2. The van der Waals surface area contributed by atoms with Gasteiger partial charge in [-0.2, -0.15) is 0 Å². The van der Waals surface area contributed by atoms with Crippen LogP contribution < -0.4 is 4.31 Å². The first-order valence-electron chi connectivity index (χ1n) is 9.94. The Morgan fingerprint density at radius 3 is 2.40 bits per heavy atom. The Kier molecular flexibility index (Phi) is 6.95. The third kappa shape index (κ3) is 5.23. The summed E-state index contributed by atoms with van der Waals surface area (Å²) in [5.41, 5.74) is 1.24. The van der Waals surface area contributed by atoms with Gasteiger partial charge in [0.05, 0.1) is 16.1 Å². The van der Waals surface area contributed by atoms with Crippen molar-refractivity contribution in [1.82, 2.24) is 14.8 Å². The van der Waals surface area contributed by atoms with E-state index in [2.05, 4.69) is 22.0 Å². The van der Waals surface area contributed by atoms with Crippen LogP contribution >= 0.6 is 23.2 Å². The summed E-state index contributed by atoms with van der Waals surface area (Å²) in [6.07, 6.45) is 1.73. The van der Waals surface area contributed by atoms with E-state index in [9.17, 15) is 18.3 Å². The van der Waals surface area contributed by atoms with Crippen molar-refractivity contribution in [3.63, 3.8) is 0 Å². The molecule has 178 valence electrons. The summed E-state index contributed by atoms with van der Waals surface area (Å²) in [4.78, 5) is 11.3. The number of halogens is 2. The van der Waals surface area contributed by atoms with Gasteiger partial charge in [0.1, 0.15) is 18.8 Å². The van der Waals surface area contributed by atoms with Crippen LogP contribution in [-0.2, 0) is 14.8 Å². The van der Waals surface area contributed by atoms with Crippen LogP contribution in [0, 0.1) is 11.8 Å². The summed E-state index contributed by atoms with van der Waals surface area (Å²) in [6, 6.07) is 13.6. The normalized spacial score (nSPS) is 11.2. The van der Waals surface area contributed by atoms with Crippen LogP contribution in [0.15, 0.2) is 65.7 Å². The molecule has 0 amide bonds. The number of aliphatic carboxylic acids is 1. The van der Waals surface area contributed by atoms with Crippen molar-refractivity contribution in [3.05, 3.63) is 76.5 Å². The molecular weight excluding hydrogens is 515 g/mol. The maximum atomic E-state index is 13.3. The summed E-state index contributed by atoms with van der Waals surface area (Å²) in [7, 11) is -4.30. The van der Waals surface area contributed by atoms with Crippen molar-refractivity contribution < 1.29 is 23.4 Å². The number of carboxylic acid groups (broad SMARTS) is 1. The van der Waals surface area contributed by atoms with E-state index in [4.69, 9.17) is 28.3 Å². The molecule has 0 aliphatic carbocycles. The van der Waals surface area contributed by atoms with Crippen LogP contribution in [-0.4, -0.2) is 52.5 Å². The first kappa shape index (κ1) is 24.5. The molecule has 12 heteroatoms. The first-order valence-corrected chi connectivity index (χ1v) is 12.1. The number of aliphatic hydroxyl groups excluding tert-OH is 1. The van der Waals surface area contributed by atoms with Crippen LogP contribution in [0.2, 0.25) is 10.0 Å². The summed E-state index contributed by atoms with van der Waals surface area (Å²) in [5.74, 6) is 4.32. The maximum Gasteiger partial charge on any atom is 0.324 e. The third-order valence-corrected chi connectivity index (χ3v) is 7.05. The highest BCUT2D eigenvalue weighted by Crippen LogP contribution is 2.31. The molecule has 4 rings (SSSR count). The smallest absolute Gasteiger partial charge is 0.324 e. The topological polar surface area (TPSA) is 126 Å². The standard InChI is InChI=1S/C23H16Cl2N4O5S/c24-16-11-17(25)13-20(12-16)35(33,34)29(14-23(31)32)19-4-5-21-15(10-19)7-8-28(21)22-6-3-18(26-27-22)2-1-9-30/h3-8,10-13,30H,9,14H2,(H,31,32). The predicted molar refractivity (Wildman–Crippen MR) is 131 cm³/mol. The SMILES string of the molecule is O=C(O)CN(c1ccc2c(ccn2-c2ccc(C#CCO)nn2)c1)S(=O)(=O)c1cc(Cl)cc(Cl)c1. The molecule has 0 unspecified atom stereocenters. The Hall–Kier alpha value is -3.62. The Morgan fingerprint density at radius 2 is 1.77 bits per heavy atom. The fourth-order valence-electron chi connectivity index (χ4n) is 3.38. The van der Waals surface area contributed by atoms with Gasteiger partial charge < -0.3 is 10.2 Å². The molecule has 0 radical (unpaired) electrons. The lowest BCUT2D eigenvalue weighted by atomic mass is 10.2. The Morgan fingerprint density at radius 1 is 1.03 bits per heavy atom. The molecule has 0 saturated carbocycles. The minimum atomic E-state index is -4.30. The van der Waals surface area contributed by atoms with Gasteiger partial charge in [-0.15, -0.1) is 10.2 Å². The van der Waals surface area contributed by atoms with Gasteiger partial charge in [0.25, 0.3) is 10.0 Å². The van der Waals surface area contributed by atoms with E-state index in [1.165, 1.54) is 24.3 Å². The molecule has 9 nitrogen and oxygen atoms in total. The van der Waals surface area contributed by atoms with Gasteiger partial charge in [-0.3, -0.25) is 13.7 Å². The highest BCUT2D eigenvalue weighted by atomic mass is 35.5. The second-order valence-corrected chi connectivity index (χ2v) is 9.91. The van der Waals surface area contributed by atoms with E-state index >= 15 is 0 Å². The predicted octanol–water partition coefficient (Wildman–Crippen LogP) is 3.35. The molecule has 0 fully saturated rings. The molecule has 0 bridgehead atoms. The quantitative estimate of drug-likeness (QED) is 0.366. The molecule has 0 atom stereocenters. The van der Waals surface area contributed by atoms with E-state index in [-0.39, 0.29) is 27.2 Å². The zero-order chi connectivity index (χ0) is 25.2. The van der Waals surface area contributed by atoms with E-state index in [1.54, 1.807) is 41.1 Å². The number of anilines is 1. The van der Waals surface area contributed by atoms with Crippen molar-refractivity contribution in [2.45, 2.75) is 4.90 Å². The van der Waals surface area contributed by atoms with Crippen LogP contribution in [0.1, 0.15) is 5.69 Å². The lowest BCUT2D eigenvalue weighted by Gasteiger charge is -2.23. The maximum absolute atomic E-state index is 13.3. The largest absolute Gasteiger partial charge is 0.480 e. The molecule has 0 aliphatic rings. The number of benzene rings is 2. The lowest BCUT2D eigenvalue weighted by Crippen LogP contribution is -2.35. The van der Waals surface area contributed by atoms with Gasteiger partial charge in [-0.1, -0.05) is 29.1 Å². The molecule has 0 saturated heterocycles. The third-order valence-electron chi connectivity index (χ3n) is 4.86. The summed E-state index contributed by atoms with van der Waals surface area (Å²) in [5, 5.41) is 27.2. The number of rotatable bonds is 6. The molecule has 4 aromatic rings. The number of fused-ring (bicyclic) bond motifs is 1. The Bertz CT molecular complexity index is 1570. The van der Waals surface area contributed by atoms with Crippen LogP contribution in [0.4, 0.5) is 5.69 Å². The number of hydrogen-bond donors (Lipinski definition) is 2. The summed E-state index contributed by atoms with van der Waals surface area (Å²) >= 11 is 11.9. The zero-order valence-electron chi connectivity index (χ0n) is 17.8. The molecule has 2 N–H and O–H groups in total. The number of carboxylic acids is 1. The van der Waals surface area contributed by atoms with Crippen LogP contribution in [0.25, 0.3) is 16.7 Å². The van der Waals surface area contributed by atoms with Gasteiger partial charge in [0.15, 0.2) is 5.82 Å². The number of aliphatic hydroxyl groups is 1. The fourth-order valence-corrected chi connectivity index (χ4v) is 5.51. The summed E-state index contributed by atoms with van der Waals surface area (Å²) in [6.45, 7) is -1.09. The van der Waals surface area contributed by atoms with Crippen molar-refractivity contribution >= 4 is 55.8 Å². The lowest BCUT2D eigenvalue weighted by molar-refractivity contribution is -0.135. The minimum absolute atomic E-state index is 0.105. The molecule has 2 heterocycles. The second-order valence-electron chi connectivity index (χ2n) is 7.18. The van der Waals surface area contributed by atoms with Crippen molar-refractivity contribution in [2.75, 3.05) is 17.5 Å². The number of nitrogens with zero attached hydrogens (tertiary/aromatic N) is 4. The fraction of sp³-hybridized carbons (Fsp3) is 0.0870. The number of hydrogen-bond acceptors (Lipinski definition) is 6. The molecule has 2 aromatic carbocycles. The van der Waals surface area contributed by atoms with Gasteiger partial charge >= 0.3 is 5.97 Å². The molecule has 2 aromatic heterocycles. The number of carbonyl (C=O) groups is 1. The number of sulfonamides is 1. The second kappa shape index (κ2) is 9.93. The average molecular weight is 531 g/mol. The van der Waals surface area contributed by atoms with Gasteiger partial charge in [0, 0.05) is 21.6 Å². The van der Waals surface area contributed by atoms with Crippen LogP contribution in [0.5, 0.6) is 0 Å². The van der Waals surface area contributed by atoms with Crippen molar-refractivity contribution in [1.29, 1.82) is 0 Å². The number of aromatic nitrogens is 3. The minimum Gasteiger partial charge on any atom is -0.480 e. The van der Waals surface area contributed by atoms with Crippen molar-refractivity contribution in [2.24, 2.45) is 0 Å². The van der Waals surface area contributed by atoms with E-state index < -0.39 is 22.5 Å². The van der Waals surface area contributed by atoms with E-state index in [0.717, 1.165) is 4.31 Å². The molecule has 35 heavy (non-hydrogen) atoms. The van der Waals surface area contributed by atoms with Crippen LogP contribution in [0.3, 0.4) is 0 Å². The molecular formula is C23H16Cl2N4O5S. The van der Waals surface area contributed by atoms with Gasteiger partial charge in [0.2, 0.25) is 0 Å². The highest BCUT2D eigenvalue weighted by molar-refractivity contribution is 7.92. The zero-order valence-corrected chi connectivity index (χ0v) is 20.1. The van der Waals surface area contributed by atoms with Gasteiger partial charge in [-0.05, 0) is 60.5 Å².